The zero-order chi connectivity index (χ0) is 10.9. The first kappa shape index (κ1) is 11.3. The molecule has 0 radical (unpaired) electrons. The summed E-state index contributed by atoms with van der Waals surface area (Å²) in [5.74, 6) is 0. The number of nitrogens with zero attached hydrogens (tertiary/aromatic N) is 1. The van der Waals surface area contributed by atoms with Gasteiger partial charge in [0.2, 0.25) is 10.0 Å². The van der Waals surface area contributed by atoms with Crippen LogP contribution in [0.4, 0.5) is 5.69 Å². The topological polar surface area (TPSA) is 63.4 Å². The lowest BCUT2D eigenvalue weighted by Crippen LogP contribution is -2.22. The number of rotatable bonds is 2. The second-order valence-corrected chi connectivity index (χ2v) is 5.50. The highest BCUT2D eigenvalue weighted by Crippen LogP contribution is 2.25. The van der Waals surface area contributed by atoms with E-state index < -0.39 is 10.0 Å². The molecule has 0 unspecified atom stereocenters. The minimum Gasteiger partial charge on any atom is -0.399 e. The van der Waals surface area contributed by atoms with Crippen LogP contribution in [0.2, 0.25) is 5.02 Å². The third kappa shape index (κ3) is 2.00. The summed E-state index contributed by atoms with van der Waals surface area (Å²) >= 11 is 5.77. The molecule has 0 spiro atoms. The fourth-order valence-corrected chi connectivity index (χ4v) is 2.34. The van der Waals surface area contributed by atoms with Crippen molar-refractivity contribution in [3.63, 3.8) is 0 Å². The van der Waals surface area contributed by atoms with Gasteiger partial charge in [-0.1, -0.05) is 11.6 Å². The zero-order valence-electron chi connectivity index (χ0n) is 7.86. The van der Waals surface area contributed by atoms with Gasteiger partial charge in [-0.3, -0.25) is 0 Å². The van der Waals surface area contributed by atoms with E-state index in [9.17, 15) is 8.42 Å². The molecule has 78 valence electrons. The van der Waals surface area contributed by atoms with Crippen molar-refractivity contribution in [2.24, 2.45) is 0 Å². The van der Waals surface area contributed by atoms with Crippen LogP contribution in [0.3, 0.4) is 0 Å². The van der Waals surface area contributed by atoms with Crippen LogP contribution in [-0.4, -0.2) is 26.8 Å². The summed E-state index contributed by atoms with van der Waals surface area (Å²) in [5.41, 5.74) is 5.89. The van der Waals surface area contributed by atoms with Gasteiger partial charge in [0, 0.05) is 19.8 Å². The van der Waals surface area contributed by atoms with E-state index in [2.05, 4.69) is 0 Å². The second kappa shape index (κ2) is 3.76. The maximum Gasteiger partial charge on any atom is 0.244 e. The first-order valence-corrected chi connectivity index (χ1v) is 5.65. The average Bonchev–Trinajstić information content (AvgIpc) is 2.02. The fourth-order valence-electron chi connectivity index (χ4n) is 0.923. The molecule has 0 atom stereocenters. The van der Waals surface area contributed by atoms with Crippen molar-refractivity contribution in [2.75, 3.05) is 19.8 Å². The Labute approximate surface area is 88.3 Å². The van der Waals surface area contributed by atoms with E-state index in [1.165, 1.54) is 32.3 Å². The van der Waals surface area contributed by atoms with Crippen molar-refractivity contribution in [2.45, 2.75) is 4.90 Å². The normalized spacial score (nSPS) is 12.0. The van der Waals surface area contributed by atoms with Gasteiger partial charge in [0.1, 0.15) is 4.90 Å². The summed E-state index contributed by atoms with van der Waals surface area (Å²) in [6.07, 6.45) is 0. The van der Waals surface area contributed by atoms with Crippen molar-refractivity contribution in [1.82, 2.24) is 4.31 Å². The van der Waals surface area contributed by atoms with Crippen molar-refractivity contribution in [3.05, 3.63) is 23.2 Å². The predicted molar refractivity (Wildman–Crippen MR) is 56.7 cm³/mol. The molecule has 14 heavy (non-hydrogen) atoms. The van der Waals surface area contributed by atoms with E-state index in [4.69, 9.17) is 17.3 Å². The largest absolute Gasteiger partial charge is 0.399 e. The maximum atomic E-state index is 11.7. The van der Waals surface area contributed by atoms with Gasteiger partial charge in [0.05, 0.1) is 5.02 Å². The van der Waals surface area contributed by atoms with E-state index >= 15 is 0 Å². The maximum absolute atomic E-state index is 11.7. The highest BCUT2D eigenvalue weighted by Gasteiger charge is 2.20. The molecule has 0 fully saturated rings. The Morgan fingerprint density at radius 3 is 2.36 bits per heavy atom. The summed E-state index contributed by atoms with van der Waals surface area (Å²) in [6.45, 7) is 0. The lowest BCUT2D eigenvalue weighted by Gasteiger charge is -2.12. The number of nitrogen functional groups attached to an aromatic ring is 1. The summed E-state index contributed by atoms with van der Waals surface area (Å²) in [4.78, 5) is 0.0679. The van der Waals surface area contributed by atoms with Gasteiger partial charge in [0.25, 0.3) is 0 Å². The molecule has 0 bridgehead atoms. The van der Waals surface area contributed by atoms with E-state index in [0.717, 1.165) is 4.31 Å². The average molecular weight is 235 g/mol. The molecule has 0 aliphatic heterocycles. The highest BCUT2D eigenvalue weighted by atomic mass is 35.5. The number of halogens is 1. The third-order valence-electron chi connectivity index (χ3n) is 1.71. The van der Waals surface area contributed by atoms with Crippen LogP contribution >= 0.6 is 11.6 Å². The molecular weight excluding hydrogens is 224 g/mol. The van der Waals surface area contributed by atoms with Crippen molar-refractivity contribution in [1.29, 1.82) is 0 Å². The molecule has 6 heteroatoms. The van der Waals surface area contributed by atoms with E-state index in [1.807, 2.05) is 0 Å². The van der Waals surface area contributed by atoms with Crippen LogP contribution in [0.1, 0.15) is 0 Å². The van der Waals surface area contributed by atoms with Crippen LogP contribution in [0.15, 0.2) is 23.1 Å². The first-order chi connectivity index (χ1) is 6.35. The van der Waals surface area contributed by atoms with Crippen molar-refractivity contribution < 1.29 is 8.42 Å². The van der Waals surface area contributed by atoms with Crippen LogP contribution in [0.25, 0.3) is 0 Å². The Hall–Kier alpha value is -0.780. The number of anilines is 1. The van der Waals surface area contributed by atoms with E-state index in [-0.39, 0.29) is 9.92 Å². The molecular formula is C8H11ClN2O2S. The molecule has 0 aliphatic rings. The molecule has 0 aromatic heterocycles. The molecule has 0 heterocycles. The van der Waals surface area contributed by atoms with Gasteiger partial charge in [-0.15, -0.1) is 0 Å². The van der Waals surface area contributed by atoms with Crippen LogP contribution in [0.5, 0.6) is 0 Å². The standard InChI is InChI=1S/C8H11ClN2O2S/c1-11(2)14(12,13)8-4-3-6(10)5-7(8)9/h3-5H,10H2,1-2H3. The summed E-state index contributed by atoms with van der Waals surface area (Å²) in [5, 5.41) is 0.138. The Kier molecular flexibility index (Phi) is 3.04. The Morgan fingerprint density at radius 2 is 1.93 bits per heavy atom. The monoisotopic (exact) mass is 234 g/mol. The minimum absolute atomic E-state index is 0.0679. The predicted octanol–water partition coefficient (Wildman–Crippen LogP) is 1.17. The smallest absolute Gasteiger partial charge is 0.244 e. The van der Waals surface area contributed by atoms with Crippen LogP contribution in [0, 0.1) is 0 Å². The number of hydrogen-bond donors (Lipinski definition) is 1. The lowest BCUT2D eigenvalue weighted by atomic mass is 10.3. The molecule has 1 rings (SSSR count). The van der Waals surface area contributed by atoms with E-state index in [1.54, 1.807) is 0 Å². The van der Waals surface area contributed by atoms with Gasteiger partial charge in [0.15, 0.2) is 0 Å². The first-order valence-electron chi connectivity index (χ1n) is 3.83. The van der Waals surface area contributed by atoms with Gasteiger partial charge >= 0.3 is 0 Å². The summed E-state index contributed by atoms with van der Waals surface area (Å²) < 4.78 is 24.4. The third-order valence-corrected chi connectivity index (χ3v) is 4.01. The Balaban J connectivity index is 3.35. The molecule has 0 aliphatic carbocycles. The number of sulfonamides is 1. The van der Waals surface area contributed by atoms with Gasteiger partial charge in [-0.2, -0.15) is 0 Å². The van der Waals surface area contributed by atoms with Gasteiger partial charge in [-0.05, 0) is 18.2 Å². The molecule has 1 aromatic carbocycles. The second-order valence-electron chi connectivity index (χ2n) is 2.98. The quantitative estimate of drug-likeness (QED) is 0.782. The summed E-state index contributed by atoms with van der Waals surface area (Å²) in [7, 11) is -0.586. The van der Waals surface area contributed by atoms with Crippen molar-refractivity contribution >= 4 is 27.3 Å². The Bertz CT molecular complexity index is 443. The summed E-state index contributed by atoms with van der Waals surface area (Å²) in [6, 6.07) is 4.31. The number of nitrogens with two attached hydrogens (primary N) is 1. The molecule has 0 saturated heterocycles. The lowest BCUT2D eigenvalue weighted by molar-refractivity contribution is 0.521. The van der Waals surface area contributed by atoms with Crippen molar-refractivity contribution in [3.8, 4) is 0 Å². The molecule has 1 aromatic rings. The number of benzene rings is 1. The van der Waals surface area contributed by atoms with Gasteiger partial charge in [-0.25, -0.2) is 12.7 Å². The zero-order valence-corrected chi connectivity index (χ0v) is 9.43. The molecule has 0 amide bonds. The molecule has 0 saturated carbocycles. The van der Waals surface area contributed by atoms with E-state index in [0.29, 0.717) is 5.69 Å². The highest BCUT2D eigenvalue weighted by molar-refractivity contribution is 7.89. The molecule has 2 N–H and O–H groups in total. The van der Waals surface area contributed by atoms with Crippen LogP contribution < -0.4 is 5.73 Å². The SMILES string of the molecule is CN(C)S(=O)(=O)c1ccc(N)cc1Cl. The number of hydrogen-bond acceptors (Lipinski definition) is 3. The molecule has 4 nitrogen and oxygen atoms in total. The Morgan fingerprint density at radius 1 is 1.36 bits per heavy atom. The minimum atomic E-state index is -3.48. The van der Waals surface area contributed by atoms with Gasteiger partial charge < -0.3 is 5.73 Å². The fraction of sp³-hybridized carbons (Fsp3) is 0.250. The van der Waals surface area contributed by atoms with Crippen LogP contribution in [-0.2, 0) is 10.0 Å².